The van der Waals surface area contributed by atoms with Crippen LogP contribution in [0.25, 0.3) is 16.7 Å². The van der Waals surface area contributed by atoms with Crippen molar-refractivity contribution in [3.05, 3.63) is 63.2 Å². The van der Waals surface area contributed by atoms with Crippen LogP contribution >= 0.6 is 11.6 Å². The van der Waals surface area contributed by atoms with Gasteiger partial charge in [0.25, 0.3) is 5.69 Å². The molecular weight excluding hydrogens is 312 g/mol. The van der Waals surface area contributed by atoms with Crippen LogP contribution in [0, 0.1) is 10.1 Å². The summed E-state index contributed by atoms with van der Waals surface area (Å²) in [5, 5.41) is 15.0. The van der Waals surface area contributed by atoms with Gasteiger partial charge in [-0.3, -0.25) is 10.1 Å². The van der Waals surface area contributed by atoms with Gasteiger partial charge in [0, 0.05) is 28.9 Å². The minimum atomic E-state index is -0.398. The van der Waals surface area contributed by atoms with Crippen molar-refractivity contribution in [3.63, 3.8) is 0 Å². The van der Waals surface area contributed by atoms with Gasteiger partial charge in [0.1, 0.15) is 0 Å². The smallest absolute Gasteiger partial charge is 0.270 e. The van der Waals surface area contributed by atoms with Crippen molar-refractivity contribution in [2.45, 2.75) is 26.3 Å². The topological polar surface area (TPSA) is 55.2 Å². The van der Waals surface area contributed by atoms with Gasteiger partial charge >= 0.3 is 0 Å². The second kappa shape index (κ2) is 5.39. The van der Waals surface area contributed by atoms with Crippen LogP contribution in [0.2, 0.25) is 5.02 Å². The van der Waals surface area contributed by atoms with Gasteiger partial charge in [-0.05, 0) is 44.0 Å². The van der Waals surface area contributed by atoms with Crippen molar-refractivity contribution in [3.8, 4) is 11.1 Å². The van der Waals surface area contributed by atoms with Gasteiger partial charge in [0.2, 0.25) is 0 Å². The average Bonchev–Trinajstić information content (AvgIpc) is 2.45. The molecule has 2 aromatic carbocycles. The minimum absolute atomic E-state index is 0.0582. The highest BCUT2D eigenvalue weighted by molar-refractivity contribution is 6.33. The van der Waals surface area contributed by atoms with Crippen LogP contribution < -0.4 is 5.32 Å². The number of hydrogen-bond acceptors (Lipinski definition) is 3. The van der Waals surface area contributed by atoms with E-state index in [1.165, 1.54) is 6.07 Å². The molecule has 118 valence electrons. The summed E-state index contributed by atoms with van der Waals surface area (Å²) < 4.78 is 0. The van der Waals surface area contributed by atoms with Crippen molar-refractivity contribution >= 4 is 28.5 Å². The first-order valence-electron chi connectivity index (χ1n) is 7.33. The third-order valence-corrected chi connectivity index (χ3v) is 4.25. The Balaban J connectivity index is 2.15. The molecule has 0 aliphatic carbocycles. The minimum Gasteiger partial charge on any atom is -0.376 e. The van der Waals surface area contributed by atoms with Gasteiger partial charge < -0.3 is 5.32 Å². The van der Waals surface area contributed by atoms with Gasteiger partial charge in [-0.15, -0.1) is 0 Å². The van der Waals surface area contributed by atoms with E-state index in [0.717, 1.165) is 28.0 Å². The number of benzene rings is 2. The van der Waals surface area contributed by atoms with Crippen molar-refractivity contribution in [2.75, 3.05) is 5.32 Å². The Morgan fingerprint density at radius 3 is 2.61 bits per heavy atom. The van der Waals surface area contributed by atoms with Crippen LogP contribution in [0.1, 0.15) is 26.3 Å². The molecule has 0 aromatic heterocycles. The molecular formula is C18H17ClN2O2. The van der Waals surface area contributed by atoms with Gasteiger partial charge in [0.15, 0.2) is 0 Å². The number of nitro benzene ring substituents is 1. The maximum atomic E-state index is 11.0. The molecule has 0 unspecified atom stereocenters. The van der Waals surface area contributed by atoms with Crippen molar-refractivity contribution in [2.24, 2.45) is 0 Å². The molecule has 0 fully saturated rings. The Labute approximate surface area is 139 Å². The van der Waals surface area contributed by atoms with Crippen LogP contribution in [0.4, 0.5) is 11.4 Å². The van der Waals surface area contributed by atoms with E-state index < -0.39 is 4.92 Å². The third-order valence-electron chi connectivity index (χ3n) is 3.93. The lowest BCUT2D eigenvalue weighted by Crippen LogP contribution is -2.31. The van der Waals surface area contributed by atoms with E-state index in [4.69, 9.17) is 11.6 Å². The number of allylic oxidation sites excluding steroid dienone is 1. The standard InChI is InChI=1S/C18H17ClN2O2/c1-11-10-18(2,3)20-17-9-16(19)15(8-14(11)17)12-5-4-6-13(7-12)21(22)23/h4-10,20H,1-3H3. The predicted molar refractivity (Wildman–Crippen MR) is 94.9 cm³/mol. The quantitative estimate of drug-likeness (QED) is 0.583. The normalized spacial score (nSPS) is 15.4. The summed E-state index contributed by atoms with van der Waals surface area (Å²) in [7, 11) is 0. The highest BCUT2D eigenvalue weighted by atomic mass is 35.5. The van der Waals surface area contributed by atoms with E-state index in [1.54, 1.807) is 12.1 Å². The fourth-order valence-corrected chi connectivity index (χ4v) is 3.29. The number of nitrogens with zero attached hydrogens (tertiary/aromatic N) is 1. The monoisotopic (exact) mass is 328 g/mol. The molecule has 0 atom stereocenters. The van der Waals surface area contributed by atoms with E-state index in [1.807, 2.05) is 18.2 Å². The first kappa shape index (κ1) is 15.6. The second-order valence-electron chi connectivity index (χ2n) is 6.36. The summed E-state index contributed by atoms with van der Waals surface area (Å²) in [5.41, 5.74) is 4.67. The summed E-state index contributed by atoms with van der Waals surface area (Å²) in [5.74, 6) is 0. The van der Waals surface area contributed by atoms with E-state index in [9.17, 15) is 10.1 Å². The molecule has 3 rings (SSSR count). The Morgan fingerprint density at radius 2 is 1.91 bits per heavy atom. The highest BCUT2D eigenvalue weighted by Gasteiger charge is 2.24. The molecule has 1 N–H and O–H groups in total. The van der Waals surface area contributed by atoms with Crippen molar-refractivity contribution < 1.29 is 4.92 Å². The number of non-ortho nitro benzene ring substituents is 1. The molecule has 1 heterocycles. The van der Waals surface area contributed by atoms with E-state index in [0.29, 0.717) is 5.02 Å². The summed E-state index contributed by atoms with van der Waals surface area (Å²) in [6.45, 7) is 6.26. The molecule has 23 heavy (non-hydrogen) atoms. The molecule has 4 nitrogen and oxygen atoms in total. The zero-order valence-electron chi connectivity index (χ0n) is 13.2. The van der Waals surface area contributed by atoms with Crippen LogP contribution in [0.5, 0.6) is 0 Å². The van der Waals surface area contributed by atoms with Crippen LogP contribution in [-0.4, -0.2) is 10.5 Å². The maximum Gasteiger partial charge on any atom is 0.270 e. The lowest BCUT2D eigenvalue weighted by molar-refractivity contribution is -0.384. The molecule has 5 heteroatoms. The number of halogens is 1. The fourth-order valence-electron chi connectivity index (χ4n) is 3.01. The molecule has 2 aromatic rings. The van der Waals surface area contributed by atoms with Gasteiger partial charge in [-0.1, -0.05) is 29.8 Å². The Bertz CT molecular complexity index is 841. The van der Waals surface area contributed by atoms with Crippen LogP contribution in [0.3, 0.4) is 0 Å². The molecule has 0 radical (unpaired) electrons. The fraction of sp³-hybridized carbons (Fsp3) is 0.222. The van der Waals surface area contributed by atoms with Crippen molar-refractivity contribution in [1.29, 1.82) is 0 Å². The average molecular weight is 329 g/mol. The molecule has 1 aliphatic rings. The molecule has 0 amide bonds. The van der Waals surface area contributed by atoms with Gasteiger partial charge in [0.05, 0.1) is 15.5 Å². The SMILES string of the molecule is CC1=CC(C)(C)Nc2cc(Cl)c(-c3cccc([N+](=O)[O-])c3)cc21. The van der Waals surface area contributed by atoms with Crippen molar-refractivity contribution in [1.82, 2.24) is 0 Å². The zero-order valence-corrected chi connectivity index (χ0v) is 13.9. The number of rotatable bonds is 2. The number of nitro groups is 1. The zero-order chi connectivity index (χ0) is 16.8. The van der Waals surface area contributed by atoms with E-state index in [-0.39, 0.29) is 11.2 Å². The van der Waals surface area contributed by atoms with Gasteiger partial charge in [-0.2, -0.15) is 0 Å². The Hall–Kier alpha value is -2.33. The van der Waals surface area contributed by atoms with E-state index in [2.05, 4.69) is 32.2 Å². The number of nitrogens with one attached hydrogen (secondary N) is 1. The molecule has 0 bridgehead atoms. The lowest BCUT2D eigenvalue weighted by Gasteiger charge is -2.32. The number of fused-ring (bicyclic) bond motifs is 1. The maximum absolute atomic E-state index is 11.0. The van der Waals surface area contributed by atoms with E-state index >= 15 is 0 Å². The summed E-state index contributed by atoms with van der Waals surface area (Å²) in [6, 6.07) is 10.4. The molecule has 1 aliphatic heterocycles. The summed E-state index contributed by atoms with van der Waals surface area (Å²) in [6.07, 6.45) is 2.17. The Kier molecular flexibility index (Phi) is 3.65. The number of anilines is 1. The highest BCUT2D eigenvalue weighted by Crippen LogP contribution is 2.40. The first-order chi connectivity index (χ1) is 10.8. The predicted octanol–water partition coefficient (Wildman–Crippen LogP) is 5.52. The lowest BCUT2D eigenvalue weighted by atomic mass is 9.89. The second-order valence-corrected chi connectivity index (χ2v) is 6.77. The molecule has 0 saturated carbocycles. The first-order valence-corrected chi connectivity index (χ1v) is 7.71. The molecule has 0 saturated heterocycles. The number of hydrogen-bond donors (Lipinski definition) is 1. The summed E-state index contributed by atoms with van der Waals surface area (Å²) in [4.78, 5) is 10.6. The Morgan fingerprint density at radius 1 is 1.17 bits per heavy atom. The van der Waals surface area contributed by atoms with Gasteiger partial charge in [-0.25, -0.2) is 0 Å². The summed E-state index contributed by atoms with van der Waals surface area (Å²) >= 11 is 6.44. The largest absolute Gasteiger partial charge is 0.376 e. The van der Waals surface area contributed by atoms with Crippen LogP contribution in [-0.2, 0) is 0 Å². The van der Waals surface area contributed by atoms with Crippen LogP contribution in [0.15, 0.2) is 42.5 Å². The molecule has 0 spiro atoms. The third kappa shape index (κ3) is 2.94.